The van der Waals surface area contributed by atoms with Gasteiger partial charge in [-0.1, -0.05) is 34.1 Å². The second kappa shape index (κ2) is 9.82. The molecular weight excluding hydrogens is 416 g/mol. The lowest BCUT2D eigenvalue weighted by Crippen LogP contribution is -2.42. The van der Waals surface area contributed by atoms with E-state index < -0.39 is 0 Å². The lowest BCUT2D eigenvalue weighted by molar-refractivity contribution is 0.0389. The molecule has 1 saturated heterocycles. The number of hydrogen-bond donors (Lipinski definition) is 2. The Morgan fingerprint density at radius 1 is 1.23 bits per heavy atom. The van der Waals surface area contributed by atoms with E-state index in [0.717, 1.165) is 55.2 Å². The summed E-state index contributed by atoms with van der Waals surface area (Å²) >= 11 is 8.74. The Balaban J connectivity index is 1.42. The van der Waals surface area contributed by atoms with Crippen molar-refractivity contribution in [2.24, 2.45) is 5.10 Å². The summed E-state index contributed by atoms with van der Waals surface area (Å²) in [5.41, 5.74) is 3.81. The van der Waals surface area contributed by atoms with Crippen LogP contribution in [-0.4, -0.2) is 55.6 Å². The van der Waals surface area contributed by atoms with Crippen molar-refractivity contribution in [3.05, 3.63) is 46.6 Å². The minimum absolute atomic E-state index is 0.493. The molecule has 1 aromatic heterocycles. The molecule has 0 spiro atoms. The third kappa shape index (κ3) is 5.63. The molecule has 0 unspecified atom stereocenters. The van der Waals surface area contributed by atoms with Gasteiger partial charge >= 0.3 is 0 Å². The van der Waals surface area contributed by atoms with Gasteiger partial charge in [0.1, 0.15) is 11.5 Å². The fraction of sp³-hybridized carbons (Fsp3) is 0.333. The number of nitrogens with one attached hydrogen (secondary N) is 2. The van der Waals surface area contributed by atoms with Gasteiger partial charge in [0, 0.05) is 36.2 Å². The number of hydrazone groups is 1. The third-order valence-corrected chi connectivity index (χ3v) is 4.87. The zero-order valence-electron chi connectivity index (χ0n) is 14.3. The van der Waals surface area contributed by atoms with Crippen LogP contribution in [0.3, 0.4) is 0 Å². The Morgan fingerprint density at radius 3 is 2.85 bits per heavy atom. The molecule has 1 aliphatic rings. The SMILES string of the molecule is S=C(NCCN1CCOCC1)N/N=C/c1ccc(-c2ccccc2Br)o1. The van der Waals surface area contributed by atoms with Gasteiger partial charge in [-0.2, -0.15) is 5.10 Å². The number of ether oxygens (including phenoxy) is 1. The summed E-state index contributed by atoms with van der Waals surface area (Å²) in [5, 5.41) is 7.75. The molecule has 0 amide bonds. The van der Waals surface area contributed by atoms with E-state index in [-0.39, 0.29) is 0 Å². The molecule has 0 aliphatic carbocycles. The topological polar surface area (TPSA) is 62.0 Å². The van der Waals surface area contributed by atoms with Gasteiger partial charge in [-0.05, 0) is 30.4 Å². The zero-order valence-corrected chi connectivity index (χ0v) is 16.7. The van der Waals surface area contributed by atoms with Crippen LogP contribution in [0.1, 0.15) is 5.76 Å². The standard InChI is InChI=1S/C18H21BrN4O2S/c19-16-4-2-1-3-15(16)17-6-5-14(25-17)13-21-22-18(26)20-7-8-23-9-11-24-12-10-23/h1-6,13H,7-12H2,(H2,20,22,26)/b21-13+. The number of nitrogens with zero attached hydrogens (tertiary/aromatic N) is 2. The summed E-state index contributed by atoms with van der Waals surface area (Å²) in [6.07, 6.45) is 1.61. The van der Waals surface area contributed by atoms with Crippen molar-refractivity contribution >= 4 is 39.5 Å². The van der Waals surface area contributed by atoms with E-state index in [2.05, 4.69) is 36.7 Å². The van der Waals surface area contributed by atoms with Gasteiger partial charge in [0.25, 0.3) is 0 Å². The number of benzene rings is 1. The second-order valence-electron chi connectivity index (χ2n) is 5.76. The molecule has 3 rings (SSSR count). The van der Waals surface area contributed by atoms with Crippen molar-refractivity contribution in [3.63, 3.8) is 0 Å². The van der Waals surface area contributed by atoms with Crippen molar-refractivity contribution in [1.82, 2.24) is 15.6 Å². The molecule has 1 aromatic carbocycles. The number of thiocarbonyl (C=S) groups is 1. The summed E-state index contributed by atoms with van der Waals surface area (Å²) < 4.78 is 12.1. The third-order valence-electron chi connectivity index (χ3n) is 3.94. The van der Waals surface area contributed by atoms with Crippen molar-refractivity contribution in [3.8, 4) is 11.3 Å². The molecule has 1 fully saturated rings. The van der Waals surface area contributed by atoms with Gasteiger partial charge in [0.05, 0.1) is 19.4 Å². The van der Waals surface area contributed by atoms with Gasteiger partial charge < -0.3 is 14.5 Å². The van der Waals surface area contributed by atoms with Crippen molar-refractivity contribution in [1.29, 1.82) is 0 Å². The highest BCUT2D eigenvalue weighted by molar-refractivity contribution is 9.10. The first-order valence-electron chi connectivity index (χ1n) is 8.44. The first-order valence-corrected chi connectivity index (χ1v) is 9.64. The summed E-state index contributed by atoms with van der Waals surface area (Å²) in [6.45, 7) is 5.25. The van der Waals surface area contributed by atoms with Crippen LogP contribution in [0.5, 0.6) is 0 Å². The van der Waals surface area contributed by atoms with Crippen LogP contribution < -0.4 is 10.7 Å². The highest BCUT2D eigenvalue weighted by Crippen LogP contribution is 2.28. The lowest BCUT2D eigenvalue weighted by atomic mass is 10.2. The monoisotopic (exact) mass is 436 g/mol. The van der Waals surface area contributed by atoms with E-state index in [0.29, 0.717) is 10.9 Å². The predicted molar refractivity (Wildman–Crippen MR) is 110 cm³/mol. The van der Waals surface area contributed by atoms with E-state index in [4.69, 9.17) is 21.4 Å². The molecular formula is C18H21BrN4O2S. The van der Waals surface area contributed by atoms with E-state index in [1.54, 1.807) is 6.21 Å². The van der Waals surface area contributed by atoms with Gasteiger partial charge in [-0.25, -0.2) is 0 Å². The molecule has 8 heteroatoms. The molecule has 6 nitrogen and oxygen atoms in total. The number of furan rings is 1. The Hall–Kier alpha value is -1.74. The highest BCUT2D eigenvalue weighted by atomic mass is 79.9. The maximum Gasteiger partial charge on any atom is 0.187 e. The van der Waals surface area contributed by atoms with E-state index >= 15 is 0 Å². The molecule has 0 atom stereocenters. The quantitative estimate of drug-likeness (QED) is 0.412. The lowest BCUT2D eigenvalue weighted by Gasteiger charge is -2.26. The maximum absolute atomic E-state index is 5.79. The summed E-state index contributed by atoms with van der Waals surface area (Å²) in [5.74, 6) is 1.43. The Morgan fingerprint density at radius 2 is 2.04 bits per heavy atom. The highest BCUT2D eigenvalue weighted by Gasteiger charge is 2.09. The zero-order chi connectivity index (χ0) is 18.2. The van der Waals surface area contributed by atoms with E-state index in [1.165, 1.54) is 0 Å². The number of hydrogen-bond acceptors (Lipinski definition) is 5. The fourth-order valence-electron chi connectivity index (χ4n) is 2.57. The average Bonchev–Trinajstić information content (AvgIpc) is 3.12. The van der Waals surface area contributed by atoms with Gasteiger partial charge in [0.2, 0.25) is 0 Å². The van der Waals surface area contributed by atoms with Crippen LogP contribution in [0.15, 0.2) is 50.4 Å². The maximum atomic E-state index is 5.79. The fourth-order valence-corrected chi connectivity index (χ4v) is 3.21. The van der Waals surface area contributed by atoms with Gasteiger partial charge in [0.15, 0.2) is 5.11 Å². The van der Waals surface area contributed by atoms with Crippen LogP contribution in [0.2, 0.25) is 0 Å². The average molecular weight is 437 g/mol. The molecule has 138 valence electrons. The first-order chi connectivity index (χ1) is 12.7. The van der Waals surface area contributed by atoms with Gasteiger partial charge in [-0.3, -0.25) is 10.3 Å². The molecule has 0 saturated carbocycles. The number of rotatable bonds is 6. The summed E-state index contributed by atoms with van der Waals surface area (Å²) in [4.78, 5) is 2.34. The summed E-state index contributed by atoms with van der Waals surface area (Å²) in [6, 6.07) is 11.7. The second-order valence-corrected chi connectivity index (χ2v) is 7.02. The smallest absolute Gasteiger partial charge is 0.187 e. The largest absolute Gasteiger partial charge is 0.455 e. The Bertz CT molecular complexity index is 759. The number of halogens is 1. The minimum Gasteiger partial charge on any atom is -0.455 e. The van der Waals surface area contributed by atoms with Crippen LogP contribution in [0.25, 0.3) is 11.3 Å². The Kier molecular flexibility index (Phi) is 7.19. The molecule has 0 radical (unpaired) electrons. The molecule has 2 aromatic rings. The van der Waals surface area contributed by atoms with Crippen LogP contribution >= 0.6 is 28.1 Å². The van der Waals surface area contributed by atoms with E-state index in [1.807, 2.05) is 36.4 Å². The molecule has 1 aliphatic heterocycles. The normalized spacial score (nSPS) is 15.3. The van der Waals surface area contributed by atoms with Crippen molar-refractivity contribution in [2.75, 3.05) is 39.4 Å². The molecule has 2 heterocycles. The van der Waals surface area contributed by atoms with Crippen LogP contribution in [0, 0.1) is 0 Å². The first kappa shape index (κ1) is 19.0. The Labute approximate surface area is 166 Å². The summed E-state index contributed by atoms with van der Waals surface area (Å²) in [7, 11) is 0. The van der Waals surface area contributed by atoms with E-state index in [9.17, 15) is 0 Å². The minimum atomic E-state index is 0.493. The molecule has 2 N–H and O–H groups in total. The molecule has 0 bridgehead atoms. The van der Waals surface area contributed by atoms with Crippen LogP contribution in [0.4, 0.5) is 0 Å². The van der Waals surface area contributed by atoms with Crippen molar-refractivity contribution < 1.29 is 9.15 Å². The van der Waals surface area contributed by atoms with Crippen LogP contribution in [-0.2, 0) is 4.74 Å². The predicted octanol–water partition coefficient (Wildman–Crippen LogP) is 2.84. The molecule has 26 heavy (non-hydrogen) atoms. The van der Waals surface area contributed by atoms with Gasteiger partial charge in [-0.15, -0.1) is 0 Å². The van der Waals surface area contributed by atoms with Crippen molar-refractivity contribution in [2.45, 2.75) is 0 Å². The number of morpholine rings is 1.